The maximum absolute atomic E-state index is 12.4. The van der Waals surface area contributed by atoms with Gasteiger partial charge in [-0.2, -0.15) is 0 Å². The molecule has 0 heterocycles. The van der Waals surface area contributed by atoms with E-state index in [1.54, 1.807) is 0 Å². The molecule has 1 N–H and O–H groups in total. The first-order valence-electron chi connectivity index (χ1n) is 6.69. The minimum absolute atomic E-state index is 0.164. The van der Waals surface area contributed by atoms with Crippen molar-refractivity contribution < 1.29 is 14.7 Å². The van der Waals surface area contributed by atoms with Crippen LogP contribution in [0.5, 0.6) is 0 Å². The number of rotatable bonds is 4. The highest BCUT2D eigenvalue weighted by atomic mass is 16.4. The van der Waals surface area contributed by atoms with Gasteiger partial charge in [-0.1, -0.05) is 18.2 Å². The van der Waals surface area contributed by atoms with Gasteiger partial charge in [0.1, 0.15) is 6.54 Å². The van der Waals surface area contributed by atoms with Gasteiger partial charge in [0.25, 0.3) is 0 Å². The van der Waals surface area contributed by atoms with Crippen molar-refractivity contribution in [2.75, 3.05) is 6.54 Å². The van der Waals surface area contributed by atoms with Gasteiger partial charge >= 0.3 is 5.97 Å². The largest absolute Gasteiger partial charge is 0.480 e. The molecule has 1 amide bonds. The van der Waals surface area contributed by atoms with Crippen LogP contribution in [0.3, 0.4) is 0 Å². The molecule has 0 aromatic heterocycles. The highest BCUT2D eigenvalue weighted by molar-refractivity contribution is 5.83. The van der Waals surface area contributed by atoms with Crippen molar-refractivity contribution in [3.8, 4) is 0 Å². The van der Waals surface area contributed by atoms with Crippen LogP contribution in [0.15, 0.2) is 18.2 Å². The summed E-state index contributed by atoms with van der Waals surface area (Å²) in [6.07, 6.45) is 0.228. The molecule has 0 saturated carbocycles. The van der Waals surface area contributed by atoms with Crippen molar-refractivity contribution in [2.24, 2.45) is 0 Å². The molecular formula is C16H23NO3. The molecule has 0 fully saturated rings. The van der Waals surface area contributed by atoms with Gasteiger partial charge in [-0.3, -0.25) is 9.59 Å². The monoisotopic (exact) mass is 277 g/mol. The van der Waals surface area contributed by atoms with Gasteiger partial charge in [0, 0.05) is 5.54 Å². The van der Waals surface area contributed by atoms with E-state index in [4.69, 9.17) is 5.11 Å². The third-order valence-corrected chi connectivity index (χ3v) is 3.33. The van der Waals surface area contributed by atoms with Crippen LogP contribution in [-0.2, 0) is 16.0 Å². The maximum Gasteiger partial charge on any atom is 0.323 e. The number of aryl methyl sites for hydroxylation is 2. The van der Waals surface area contributed by atoms with E-state index in [0.29, 0.717) is 0 Å². The van der Waals surface area contributed by atoms with Crippen molar-refractivity contribution in [3.63, 3.8) is 0 Å². The Morgan fingerprint density at radius 3 is 2.20 bits per heavy atom. The Labute approximate surface area is 120 Å². The second-order valence-corrected chi connectivity index (χ2v) is 6.14. The first kappa shape index (κ1) is 16.2. The van der Waals surface area contributed by atoms with E-state index in [-0.39, 0.29) is 18.9 Å². The van der Waals surface area contributed by atoms with E-state index in [0.717, 1.165) is 11.1 Å². The lowest BCUT2D eigenvalue weighted by molar-refractivity contribution is -0.147. The van der Waals surface area contributed by atoms with Gasteiger partial charge in [0.15, 0.2) is 0 Å². The molecule has 1 rings (SSSR count). The molecule has 0 aliphatic rings. The number of amides is 1. The van der Waals surface area contributed by atoms with E-state index in [9.17, 15) is 9.59 Å². The normalized spacial score (nSPS) is 11.2. The lowest BCUT2D eigenvalue weighted by atomic mass is 10.0. The van der Waals surface area contributed by atoms with Gasteiger partial charge in [-0.05, 0) is 51.3 Å². The molecule has 110 valence electrons. The Bertz CT molecular complexity index is 515. The van der Waals surface area contributed by atoms with Crippen LogP contribution in [0.1, 0.15) is 37.5 Å². The molecule has 0 saturated heterocycles. The number of carbonyl (C=O) groups is 2. The minimum atomic E-state index is -0.992. The minimum Gasteiger partial charge on any atom is -0.480 e. The van der Waals surface area contributed by atoms with Crippen molar-refractivity contribution >= 4 is 11.9 Å². The predicted octanol–water partition coefficient (Wildman–Crippen LogP) is 2.56. The van der Waals surface area contributed by atoms with Gasteiger partial charge < -0.3 is 10.0 Å². The van der Waals surface area contributed by atoms with Gasteiger partial charge in [-0.15, -0.1) is 0 Å². The molecular weight excluding hydrogens is 254 g/mol. The van der Waals surface area contributed by atoms with Crippen LogP contribution in [0, 0.1) is 13.8 Å². The fraction of sp³-hybridized carbons (Fsp3) is 0.500. The summed E-state index contributed by atoms with van der Waals surface area (Å²) in [4.78, 5) is 24.7. The average Bonchev–Trinajstić information content (AvgIpc) is 2.29. The molecule has 0 aliphatic heterocycles. The van der Waals surface area contributed by atoms with Crippen LogP contribution in [0.25, 0.3) is 0 Å². The van der Waals surface area contributed by atoms with Gasteiger partial charge in [0.2, 0.25) is 5.91 Å². The zero-order chi connectivity index (χ0) is 15.5. The van der Waals surface area contributed by atoms with Crippen molar-refractivity contribution in [1.29, 1.82) is 0 Å². The first-order valence-corrected chi connectivity index (χ1v) is 6.69. The Hall–Kier alpha value is -1.84. The summed E-state index contributed by atoms with van der Waals surface area (Å²) in [6, 6.07) is 5.88. The predicted molar refractivity (Wildman–Crippen MR) is 78.7 cm³/mol. The molecule has 4 heteroatoms. The number of hydrogen-bond acceptors (Lipinski definition) is 2. The van der Waals surface area contributed by atoms with Crippen LogP contribution in [0.2, 0.25) is 0 Å². The number of aliphatic carboxylic acids is 1. The summed E-state index contributed by atoms with van der Waals surface area (Å²) in [5.41, 5.74) is 2.72. The van der Waals surface area contributed by atoms with Crippen molar-refractivity contribution in [3.05, 3.63) is 34.9 Å². The summed E-state index contributed by atoms with van der Waals surface area (Å²) in [7, 11) is 0. The Kier molecular flexibility index (Phi) is 4.93. The number of nitrogens with zero attached hydrogens (tertiary/aromatic N) is 1. The lowest BCUT2D eigenvalue weighted by Gasteiger charge is -2.34. The van der Waals surface area contributed by atoms with Crippen molar-refractivity contribution in [2.45, 2.75) is 46.6 Å². The van der Waals surface area contributed by atoms with E-state index in [1.165, 1.54) is 10.5 Å². The summed E-state index contributed by atoms with van der Waals surface area (Å²) in [5.74, 6) is -1.16. The Morgan fingerprint density at radius 1 is 1.15 bits per heavy atom. The highest BCUT2D eigenvalue weighted by Gasteiger charge is 2.28. The fourth-order valence-corrected chi connectivity index (χ4v) is 2.02. The standard InChI is InChI=1S/C16H23NO3/c1-11-6-7-13(8-12(11)2)9-14(18)17(10-15(19)20)16(3,4)5/h6-8H,9-10H2,1-5H3,(H,19,20). The molecule has 0 spiro atoms. The van der Waals surface area contributed by atoms with E-state index < -0.39 is 11.5 Å². The van der Waals surface area contributed by atoms with Crippen molar-refractivity contribution in [1.82, 2.24) is 4.90 Å². The second-order valence-electron chi connectivity index (χ2n) is 6.14. The molecule has 0 bridgehead atoms. The topological polar surface area (TPSA) is 57.6 Å². The Balaban J connectivity index is 2.90. The summed E-state index contributed by atoms with van der Waals surface area (Å²) < 4.78 is 0. The SMILES string of the molecule is Cc1ccc(CC(=O)N(CC(=O)O)C(C)(C)C)cc1C. The smallest absolute Gasteiger partial charge is 0.323 e. The van der Waals surface area contributed by atoms with Crippen LogP contribution in [0.4, 0.5) is 0 Å². The first-order chi connectivity index (χ1) is 9.11. The third-order valence-electron chi connectivity index (χ3n) is 3.33. The molecule has 0 radical (unpaired) electrons. The molecule has 0 atom stereocenters. The van der Waals surface area contributed by atoms with Crippen LogP contribution < -0.4 is 0 Å². The Morgan fingerprint density at radius 2 is 1.75 bits per heavy atom. The van der Waals surface area contributed by atoms with Gasteiger partial charge in [0.05, 0.1) is 6.42 Å². The molecule has 4 nitrogen and oxygen atoms in total. The van der Waals surface area contributed by atoms with Gasteiger partial charge in [-0.25, -0.2) is 0 Å². The molecule has 1 aromatic carbocycles. The molecule has 1 aromatic rings. The van der Waals surface area contributed by atoms with Crippen LogP contribution in [-0.4, -0.2) is 34.0 Å². The van der Waals surface area contributed by atoms with E-state index >= 15 is 0 Å². The number of benzene rings is 1. The van der Waals surface area contributed by atoms with E-state index in [2.05, 4.69) is 0 Å². The number of carboxylic acids is 1. The summed E-state index contributed by atoms with van der Waals surface area (Å²) in [5, 5.41) is 8.95. The second kappa shape index (κ2) is 6.07. The molecule has 0 unspecified atom stereocenters. The summed E-state index contributed by atoms with van der Waals surface area (Å²) >= 11 is 0. The zero-order valence-corrected chi connectivity index (χ0v) is 12.9. The molecule has 0 aliphatic carbocycles. The maximum atomic E-state index is 12.4. The van der Waals surface area contributed by atoms with E-state index in [1.807, 2.05) is 52.8 Å². The number of hydrogen-bond donors (Lipinski definition) is 1. The van der Waals surface area contributed by atoms with Crippen LogP contribution >= 0.6 is 0 Å². The average molecular weight is 277 g/mol. The number of carbonyl (C=O) groups excluding carboxylic acids is 1. The summed E-state index contributed by atoms with van der Waals surface area (Å²) in [6.45, 7) is 9.28. The molecule has 20 heavy (non-hydrogen) atoms. The quantitative estimate of drug-likeness (QED) is 0.920. The third kappa shape index (κ3) is 4.37. The lowest BCUT2D eigenvalue weighted by Crippen LogP contribution is -2.48. The number of carboxylic acid groups (broad SMARTS) is 1. The fourth-order valence-electron chi connectivity index (χ4n) is 2.02. The zero-order valence-electron chi connectivity index (χ0n) is 12.9. The highest BCUT2D eigenvalue weighted by Crippen LogP contribution is 2.17.